The standard InChI is InChI=1S/C10H8BrF2N/c11-7-1-2-8(12)9(10(7)13)6-3-4-14-5-6/h1-3,14H,4-5H2. The van der Waals surface area contributed by atoms with Gasteiger partial charge in [-0.3, -0.25) is 0 Å². The zero-order valence-corrected chi connectivity index (χ0v) is 8.87. The topological polar surface area (TPSA) is 12.0 Å². The molecule has 1 heterocycles. The average molecular weight is 260 g/mol. The van der Waals surface area contributed by atoms with Gasteiger partial charge in [0.15, 0.2) is 0 Å². The molecule has 74 valence electrons. The molecule has 0 spiro atoms. The second kappa shape index (κ2) is 3.79. The zero-order chi connectivity index (χ0) is 10.1. The summed E-state index contributed by atoms with van der Waals surface area (Å²) in [6, 6.07) is 2.64. The van der Waals surface area contributed by atoms with Crippen LogP contribution >= 0.6 is 15.9 Å². The third-order valence-corrected chi connectivity index (χ3v) is 2.79. The van der Waals surface area contributed by atoms with Crippen LogP contribution in [0.15, 0.2) is 22.7 Å². The van der Waals surface area contributed by atoms with E-state index in [1.54, 1.807) is 6.08 Å². The Morgan fingerprint density at radius 2 is 2.07 bits per heavy atom. The van der Waals surface area contributed by atoms with Gasteiger partial charge in [-0.15, -0.1) is 0 Å². The lowest BCUT2D eigenvalue weighted by atomic mass is 10.1. The summed E-state index contributed by atoms with van der Waals surface area (Å²) in [6.45, 7) is 1.19. The molecule has 0 aliphatic carbocycles. The monoisotopic (exact) mass is 259 g/mol. The molecule has 1 nitrogen and oxygen atoms in total. The van der Waals surface area contributed by atoms with Gasteiger partial charge in [-0.25, -0.2) is 8.78 Å². The van der Waals surface area contributed by atoms with Gasteiger partial charge in [0, 0.05) is 13.1 Å². The number of halogens is 3. The van der Waals surface area contributed by atoms with Gasteiger partial charge in [-0.1, -0.05) is 6.08 Å². The Balaban J connectivity index is 2.55. The number of rotatable bonds is 1. The molecule has 0 atom stereocenters. The van der Waals surface area contributed by atoms with Crippen molar-refractivity contribution in [3.63, 3.8) is 0 Å². The first-order valence-corrected chi connectivity index (χ1v) is 5.03. The maximum absolute atomic E-state index is 13.6. The minimum atomic E-state index is -0.528. The van der Waals surface area contributed by atoms with E-state index in [0.29, 0.717) is 23.1 Å². The predicted octanol–water partition coefficient (Wildman–Crippen LogP) is 2.71. The van der Waals surface area contributed by atoms with Crippen molar-refractivity contribution in [2.24, 2.45) is 0 Å². The van der Waals surface area contributed by atoms with E-state index in [-0.39, 0.29) is 5.56 Å². The second-order valence-corrected chi connectivity index (χ2v) is 3.93. The summed E-state index contributed by atoms with van der Waals surface area (Å²) in [5, 5.41) is 3.00. The molecule has 0 saturated carbocycles. The first kappa shape index (κ1) is 9.80. The van der Waals surface area contributed by atoms with Crippen LogP contribution in [-0.2, 0) is 0 Å². The summed E-state index contributed by atoms with van der Waals surface area (Å²) in [7, 11) is 0. The molecule has 0 radical (unpaired) electrons. The van der Waals surface area contributed by atoms with Crippen LogP contribution in [0.4, 0.5) is 8.78 Å². The smallest absolute Gasteiger partial charge is 0.147 e. The summed E-state index contributed by atoms with van der Waals surface area (Å²) in [6.07, 6.45) is 1.80. The summed E-state index contributed by atoms with van der Waals surface area (Å²) >= 11 is 3.04. The van der Waals surface area contributed by atoms with E-state index in [9.17, 15) is 8.78 Å². The fourth-order valence-corrected chi connectivity index (χ4v) is 1.82. The van der Waals surface area contributed by atoms with Crippen molar-refractivity contribution in [2.45, 2.75) is 0 Å². The fraction of sp³-hybridized carbons (Fsp3) is 0.200. The normalized spacial score (nSPS) is 15.8. The largest absolute Gasteiger partial charge is 0.309 e. The predicted molar refractivity (Wildman–Crippen MR) is 54.9 cm³/mol. The first-order valence-electron chi connectivity index (χ1n) is 4.24. The molecule has 4 heteroatoms. The van der Waals surface area contributed by atoms with Crippen molar-refractivity contribution in [3.05, 3.63) is 39.9 Å². The van der Waals surface area contributed by atoms with E-state index in [1.165, 1.54) is 12.1 Å². The molecule has 0 fully saturated rings. The maximum atomic E-state index is 13.6. The molecule has 0 unspecified atom stereocenters. The van der Waals surface area contributed by atoms with E-state index < -0.39 is 11.6 Å². The summed E-state index contributed by atoms with van der Waals surface area (Å²) < 4.78 is 27.2. The lowest BCUT2D eigenvalue weighted by Gasteiger charge is -2.06. The lowest BCUT2D eigenvalue weighted by molar-refractivity contribution is 0.572. The Bertz CT molecular complexity index is 401. The van der Waals surface area contributed by atoms with Crippen LogP contribution in [-0.4, -0.2) is 13.1 Å². The molecule has 1 aromatic carbocycles. The Kier molecular flexibility index (Phi) is 2.65. The molecule has 0 bridgehead atoms. The lowest BCUT2D eigenvalue weighted by Crippen LogP contribution is -2.09. The van der Waals surface area contributed by atoms with Crippen molar-refractivity contribution in [1.29, 1.82) is 0 Å². The van der Waals surface area contributed by atoms with E-state index in [0.717, 1.165) is 0 Å². The summed E-state index contributed by atoms with van der Waals surface area (Å²) in [4.78, 5) is 0. The summed E-state index contributed by atoms with van der Waals surface area (Å²) in [5.74, 6) is -1.04. The van der Waals surface area contributed by atoms with Gasteiger partial charge in [-0.05, 0) is 33.6 Å². The van der Waals surface area contributed by atoms with Crippen molar-refractivity contribution >= 4 is 21.5 Å². The van der Waals surface area contributed by atoms with Crippen molar-refractivity contribution in [1.82, 2.24) is 5.32 Å². The highest BCUT2D eigenvalue weighted by atomic mass is 79.9. The quantitative estimate of drug-likeness (QED) is 0.765. The zero-order valence-electron chi connectivity index (χ0n) is 7.28. The molecule has 0 amide bonds. The van der Waals surface area contributed by atoms with E-state index in [2.05, 4.69) is 21.2 Å². The molecule has 0 saturated heterocycles. The van der Waals surface area contributed by atoms with E-state index in [1.807, 2.05) is 0 Å². The SMILES string of the molecule is Fc1ccc(Br)c(F)c1C1=CCNC1. The second-order valence-electron chi connectivity index (χ2n) is 3.08. The van der Waals surface area contributed by atoms with Crippen LogP contribution in [0.5, 0.6) is 0 Å². The van der Waals surface area contributed by atoms with Crippen molar-refractivity contribution in [2.75, 3.05) is 13.1 Å². The number of hydrogen-bond donors (Lipinski definition) is 1. The molecule has 2 rings (SSSR count). The Morgan fingerprint density at radius 1 is 1.29 bits per heavy atom. The van der Waals surface area contributed by atoms with Gasteiger partial charge in [0.25, 0.3) is 0 Å². The van der Waals surface area contributed by atoms with Crippen LogP contribution in [0.1, 0.15) is 5.56 Å². The Hall–Kier alpha value is -0.740. The minimum Gasteiger partial charge on any atom is -0.309 e. The highest BCUT2D eigenvalue weighted by Crippen LogP contribution is 2.28. The van der Waals surface area contributed by atoms with E-state index in [4.69, 9.17) is 0 Å². The summed E-state index contributed by atoms with van der Waals surface area (Å²) in [5.41, 5.74) is 0.755. The number of nitrogens with one attached hydrogen (secondary N) is 1. The molecular formula is C10H8BrF2N. The minimum absolute atomic E-state index is 0.0735. The molecule has 1 aliphatic heterocycles. The van der Waals surface area contributed by atoms with Crippen LogP contribution in [0.2, 0.25) is 0 Å². The molecular weight excluding hydrogens is 252 g/mol. The van der Waals surface area contributed by atoms with Gasteiger partial charge in [0.1, 0.15) is 11.6 Å². The van der Waals surface area contributed by atoms with Gasteiger partial charge in [0.05, 0.1) is 10.0 Å². The first-order chi connectivity index (χ1) is 6.70. The molecule has 0 aromatic heterocycles. The molecule has 14 heavy (non-hydrogen) atoms. The van der Waals surface area contributed by atoms with E-state index >= 15 is 0 Å². The van der Waals surface area contributed by atoms with Gasteiger partial charge < -0.3 is 5.32 Å². The Morgan fingerprint density at radius 3 is 2.71 bits per heavy atom. The number of benzene rings is 1. The highest BCUT2D eigenvalue weighted by molar-refractivity contribution is 9.10. The van der Waals surface area contributed by atoms with Gasteiger partial charge in [-0.2, -0.15) is 0 Å². The van der Waals surface area contributed by atoms with Crippen LogP contribution in [0.25, 0.3) is 5.57 Å². The van der Waals surface area contributed by atoms with Crippen LogP contribution in [0, 0.1) is 11.6 Å². The van der Waals surface area contributed by atoms with Gasteiger partial charge >= 0.3 is 0 Å². The highest BCUT2D eigenvalue weighted by Gasteiger charge is 2.17. The average Bonchev–Trinajstić information content (AvgIpc) is 2.65. The third kappa shape index (κ3) is 1.60. The van der Waals surface area contributed by atoms with Crippen LogP contribution in [0.3, 0.4) is 0 Å². The fourth-order valence-electron chi connectivity index (χ4n) is 1.49. The van der Waals surface area contributed by atoms with Crippen LogP contribution < -0.4 is 5.32 Å². The molecule has 1 aliphatic rings. The molecule has 1 N–H and O–H groups in total. The maximum Gasteiger partial charge on any atom is 0.147 e. The van der Waals surface area contributed by atoms with Crippen molar-refractivity contribution < 1.29 is 8.78 Å². The van der Waals surface area contributed by atoms with Crippen molar-refractivity contribution in [3.8, 4) is 0 Å². The third-order valence-electron chi connectivity index (χ3n) is 2.17. The number of hydrogen-bond acceptors (Lipinski definition) is 1. The van der Waals surface area contributed by atoms with Gasteiger partial charge in [0.2, 0.25) is 0 Å². The Labute approximate surface area is 88.9 Å². The molecule has 1 aromatic rings.